The van der Waals surface area contributed by atoms with Crippen LogP contribution in [0.1, 0.15) is 43.1 Å². The fraction of sp³-hybridized carbons (Fsp3) is 0.312. The molecule has 1 N–H and O–H groups in total. The first-order valence-corrected chi connectivity index (χ1v) is 9.07. The van der Waals surface area contributed by atoms with Crippen molar-refractivity contribution >= 4 is 44.5 Å². The highest BCUT2D eigenvalue weighted by Crippen LogP contribution is 2.33. The molecule has 0 unspecified atom stereocenters. The second-order valence-electron chi connectivity index (χ2n) is 5.32. The number of nitrogens with zero attached hydrogens (tertiary/aromatic N) is 2. The van der Waals surface area contributed by atoms with Gasteiger partial charge >= 0.3 is 5.97 Å². The van der Waals surface area contributed by atoms with E-state index in [0.29, 0.717) is 16.3 Å². The van der Waals surface area contributed by atoms with Gasteiger partial charge in [0.25, 0.3) is 5.91 Å². The average Bonchev–Trinajstić information content (AvgIpc) is 3.11. The number of aryl methyl sites for hydroxylation is 2. The Balaban J connectivity index is 1.89. The van der Waals surface area contributed by atoms with E-state index in [1.807, 2.05) is 31.4 Å². The lowest BCUT2D eigenvalue weighted by molar-refractivity contribution is 0.0527. The van der Waals surface area contributed by atoms with E-state index in [9.17, 15) is 9.59 Å². The SMILES string of the molecule is CCOC(=O)c1c(NC(=O)c2cn3cc(C)sc3n2)sc(C)c1C. The molecule has 0 aliphatic carbocycles. The molecule has 0 fully saturated rings. The molecule has 1 amide bonds. The Labute approximate surface area is 147 Å². The Hall–Kier alpha value is -2.19. The first-order chi connectivity index (χ1) is 11.4. The maximum atomic E-state index is 12.5. The molecule has 24 heavy (non-hydrogen) atoms. The number of rotatable bonds is 4. The summed E-state index contributed by atoms with van der Waals surface area (Å²) in [6.45, 7) is 7.79. The second-order valence-corrected chi connectivity index (χ2v) is 7.76. The molecule has 3 rings (SSSR count). The van der Waals surface area contributed by atoms with Gasteiger partial charge in [-0.15, -0.1) is 22.7 Å². The summed E-state index contributed by atoms with van der Waals surface area (Å²) in [5.74, 6) is -0.758. The normalized spacial score (nSPS) is 11.0. The molecule has 0 saturated carbocycles. The molecule has 0 atom stereocenters. The van der Waals surface area contributed by atoms with Crippen LogP contribution in [0.5, 0.6) is 0 Å². The zero-order valence-corrected chi connectivity index (χ0v) is 15.4. The summed E-state index contributed by atoms with van der Waals surface area (Å²) in [6.07, 6.45) is 3.61. The van der Waals surface area contributed by atoms with E-state index in [1.54, 1.807) is 13.1 Å². The number of fused-ring (bicyclic) bond motifs is 1. The summed E-state index contributed by atoms with van der Waals surface area (Å²) < 4.78 is 6.92. The van der Waals surface area contributed by atoms with Crippen molar-refractivity contribution in [3.8, 4) is 0 Å². The fourth-order valence-corrected chi connectivity index (χ4v) is 4.20. The fourth-order valence-electron chi connectivity index (χ4n) is 2.35. The maximum Gasteiger partial charge on any atom is 0.341 e. The topological polar surface area (TPSA) is 72.7 Å². The number of hydrogen-bond donors (Lipinski definition) is 1. The molecule has 0 aromatic carbocycles. The van der Waals surface area contributed by atoms with Crippen molar-refractivity contribution in [3.63, 3.8) is 0 Å². The quantitative estimate of drug-likeness (QED) is 0.716. The number of hydrogen-bond acceptors (Lipinski definition) is 6. The number of esters is 1. The summed E-state index contributed by atoms with van der Waals surface area (Å²) >= 11 is 2.88. The van der Waals surface area contributed by atoms with Gasteiger partial charge in [-0.1, -0.05) is 0 Å². The third-order valence-corrected chi connectivity index (χ3v) is 5.63. The monoisotopic (exact) mass is 363 g/mol. The van der Waals surface area contributed by atoms with E-state index in [2.05, 4.69) is 10.3 Å². The van der Waals surface area contributed by atoms with Crippen LogP contribution in [0.4, 0.5) is 5.00 Å². The van der Waals surface area contributed by atoms with Gasteiger partial charge in [-0.3, -0.25) is 9.20 Å². The van der Waals surface area contributed by atoms with Gasteiger partial charge in [0.1, 0.15) is 10.7 Å². The van der Waals surface area contributed by atoms with Gasteiger partial charge < -0.3 is 10.1 Å². The van der Waals surface area contributed by atoms with Gasteiger partial charge in [0.15, 0.2) is 4.96 Å². The minimum atomic E-state index is -0.420. The van der Waals surface area contributed by atoms with E-state index in [-0.39, 0.29) is 12.5 Å². The van der Waals surface area contributed by atoms with E-state index in [1.165, 1.54) is 22.7 Å². The molecular formula is C16H17N3O3S2. The van der Waals surface area contributed by atoms with Crippen LogP contribution in [-0.2, 0) is 4.74 Å². The second kappa shape index (κ2) is 6.37. The first kappa shape index (κ1) is 16.7. The van der Waals surface area contributed by atoms with Gasteiger partial charge in [-0.2, -0.15) is 0 Å². The molecule has 6 nitrogen and oxygen atoms in total. The molecule has 126 valence electrons. The van der Waals surface area contributed by atoms with Crippen molar-refractivity contribution in [1.82, 2.24) is 9.38 Å². The van der Waals surface area contributed by atoms with E-state index < -0.39 is 5.97 Å². The standard InChI is InChI=1S/C16H17N3O3S2/c1-5-22-15(21)12-9(3)10(4)24-14(12)18-13(20)11-7-19-6-8(2)23-16(19)17-11/h6-7H,5H2,1-4H3,(H,18,20). The lowest BCUT2D eigenvalue weighted by Gasteiger charge is -2.06. The number of imidazole rings is 1. The molecular weight excluding hydrogens is 346 g/mol. The lowest BCUT2D eigenvalue weighted by atomic mass is 10.1. The molecule has 0 saturated heterocycles. The number of carbonyl (C=O) groups is 2. The van der Waals surface area contributed by atoms with Crippen LogP contribution in [0.25, 0.3) is 4.96 Å². The third-order valence-electron chi connectivity index (χ3n) is 3.60. The molecule has 3 aromatic rings. The smallest absolute Gasteiger partial charge is 0.341 e. The summed E-state index contributed by atoms with van der Waals surface area (Å²) in [5.41, 5.74) is 1.57. The number of carbonyl (C=O) groups excluding carboxylic acids is 2. The molecule has 0 aliphatic rings. The maximum absolute atomic E-state index is 12.5. The molecule has 0 bridgehead atoms. The Kier molecular flexibility index (Phi) is 4.42. The average molecular weight is 363 g/mol. The van der Waals surface area contributed by atoms with Crippen LogP contribution in [-0.4, -0.2) is 27.9 Å². The number of anilines is 1. The number of thiazole rings is 1. The lowest BCUT2D eigenvalue weighted by Crippen LogP contribution is -2.15. The highest BCUT2D eigenvalue weighted by Gasteiger charge is 2.23. The van der Waals surface area contributed by atoms with Gasteiger partial charge in [0, 0.05) is 22.1 Å². The molecule has 3 aromatic heterocycles. The zero-order valence-electron chi connectivity index (χ0n) is 13.8. The number of ether oxygens (including phenoxy) is 1. The van der Waals surface area contributed by atoms with Crippen molar-refractivity contribution in [2.45, 2.75) is 27.7 Å². The van der Waals surface area contributed by atoms with Gasteiger partial charge in [0.2, 0.25) is 0 Å². The van der Waals surface area contributed by atoms with E-state index in [4.69, 9.17) is 4.74 Å². The predicted molar refractivity (Wildman–Crippen MR) is 95.5 cm³/mol. The molecule has 0 radical (unpaired) electrons. The number of nitrogens with one attached hydrogen (secondary N) is 1. The van der Waals surface area contributed by atoms with Crippen LogP contribution in [0.2, 0.25) is 0 Å². The minimum Gasteiger partial charge on any atom is -0.462 e. The summed E-state index contributed by atoms with van der Waals surface area (Å²) in [6, 6.07) is 0. The number of amides is 1. The Morgan fingerprint density at radius 2 is 2.00 bits per heavy atom. The zero-order chi connectivity index (χ0) is 17.4. The van der Waals surface area contributed by atoms with E-state index in [0.717, 1.165) is 20.3 Å². The van der Waals surface area contributed by atoms with Crippen LogP contribution in [0.3, 0.4) is 0 Å². The highest BCUT2D eigenvalue weighted by molar-refractivity contribution is 7.17. The number of aromatic nitrogens is 2. The van der Waals surface area contributed by atoms with E-state index >= 15 is 0 Å². The largest absolute Gasteiger partial charge is 0.462 e. The predicted octanol–water partition coefficient (Wildman–Crippen LogP) is 3.81. The van der Waals surface area contributed by atoms with Crippen molar-refractivity contribution in [1.29, 1.82) is 0 Å². The Morgan fingerprint density at radius 3 is 2.67 bits per heavy atom. The third kappa shape index (κ3) is 2.94. The van der Waals surface area contributed by atoms with Crippen LogP contribution < -0.4 is 5.32 Å². The van der Waals surface area contributed by atoms with Gasteiger partial charge in [-0.25, -0.2) is 9.78 Å². The van der Waals surface area contributed by atoms with Crippen LogP contribution in [0.15, 0.2) is 12.4 Å². The van der Waals surface area contributed by atoms with Crippen molar-refractivity contribution < 1.29 is 14.3 Å². The van der Waals surface area contributed by atoms with Gasteiger partial charge in [-0.05, 0) is 33.3 Å². The first-order valence-electron chi connectivity index (χ1n) is 7.44. The minimum absolute atomic E-state index is 0.289. The van der Waals surface area contributed by atoms with Crippen LogP contribution in [0, 0.1) is 20.8 Å². The van der Waals surface area contributed by atoms with Crippen molar-refractivity contribution in [2.75, 3.05) is 11.9 Å². The molecule has 8 heteroatoms. The molecule has 0 aliphatic heterocycles. The summed E-state index contributed by atoms with van der Waals surface area (Å²) in [5, 5.41) is 3.30. The van der Waals surface area contributed by atoms with Crippen molar-refractivity contribution in [2.24, 2.45) is 0 Å². The summed E-state index contributed by atoms with van der Waals surface area (Å²) in [7, 11) is 0. The summed E-state index contributed by atoms with van der Waals surface area (Å²) in [4.78, 5) is 31.8. The number of thiophene rings is 1. The van der Waals surface area contributed by atoms with Gasteiger partial charge in [0.05, 0.1) is 12.2 Å². The molecule has 0 spiro atoms. The van der Waals surface area contributed by atoms with Crippen LogP contribution >= 0.6 is 22.7 Å². The van der Waals surface area contributed by atoms with Crippen molar-refractivity contribution in [3.05, 3.63) is 39.0 Å². The molecule has 3 heterocycles. The Morgan fingerprint density at radius 1 is 1.25 bits per heavy atom. The Bertz CT molecular complexity index is 905. The highest BCUT2D eigenvalue weighted by atomic mass is 32.1.